The monoisotopic (exact) mass is 451 g/mol. The van der Waals surface area contributed by atoms with Crippen LogP contribution in [0.5, 0.6) is 0 Å². The second-order valence-electron chi connectivity index (χ2n) is 8.81. The van der Waals surface area contributed by atoms with Crippen molar-refractivity contribution < 1.29 is 4.74 Å². The van der Waals surface area contributed by atoms with Crippen molar-refractivity contribution in [1.82, 2.24) is 14.9 Å². The Hall–Kier alpha value is -1.98. The highest BCUT2D eigenvalue weighted by Gasteiger charge is 2.84. The Labute approximate surface area is 192 Å². The molecule has 2 heterocycles. The first-order valence-corrected chi connectivity index (χ1v) is 11.5. The summed E-state index contributed by atoms with van der Waals surface area (Å²) in [6, 6.07) is 18.9. The minimum atomic E-state index is -0.413. The summed E-state index contributed by atoms with van der Waals surface area (Å²) in [5.74, 6) is 0.810. The van der Waals surface area contributed by atoms with Gasteiger partial charge in [0.15, 0.2) is 5.82 Å². The largest absolute Gasteiger partial charge is 0.369 e. The van der Waals surface area contributed by atoms with Crippen LogP contribution in [0.3, 0.4) is 0 Å². The summed E-state index contributed by atoms with van der Waals surface area (Å²) in [6.07, 6.45) is 6.75. The summed E-state index contributed by atoms with van der Waals surface area (Å²) >= 11 is 13.4. The van der Waals surface area contributed by atoms with Gasteiger partial charge in [-0.25, -0.2) is 9.97 Å². The molecule has 158 valence electrons. The number of halogens is 2. The zero-order valence-corrected chi connectivity index (χ0v) is 18.7. The molecule has 6 heteroatoms. The lowest BCUT2D eigenvalue weighted by Gasteiger charge is -2.83. The predicted molar refractivity (Wildman–Crippen MR) is 121 cm³/mol. The van der Waals surface area contributed by atoms with Crippen molar-refractivity contribution >= 4 is 23.2 Å². The Bertz CT molecular complexity index is 1090. The van der Waals surface area contributed by atoms with Gasteiger partial charge in [-0.05, 0) is 42.2 Å². The third-order valence-corrected chi connectivity index (χ3v) is 8.63. The number of rotatable bonds is 5. The molecule has 3 aliphatic rings. The Morgan fingerprint density at radius 1 is 0.935 bits per heavy atom. The van der Waals surface area contributed by atoms with Crippen molar-refractivity contribution in [3.8, 4) is 0 Å². The second-order valence-corrected chi connectivity index (χ2v) is 9.63. The van der Waals surface area contributed by atoms with Gasteiger partial charge >= 0.3 is 0 Å². The van der Waals surface area contributed by atoms with Gasteiger partial charge in [0.2, 0.25) is 0 Å². The van der Waals surface area contributed by atoms with E-state index in [1.807, 2.05) is 42.7 Å². The first-order valence-electron chi connectivity index (χ1n) is 10.7. The van der Waals surface area contributed by atoms with E-state index in [2.05, 4.69) is 39.1 Å². The van der Waals surface area contributed by atoms with Crippen LogP contribution >= 0.6 is 23.2 Å². The quantitative estimate of drug-likeness (QED) is 0.502. The minimum absolute atomic E-state index is 0.0115. The van der Waals surface area contributed by atoms with Gasteiger partial charge in [-0.1, -0.05) is 59.6 Å². The summed E-state index contributed by atoms with van der Waals surface area (Å²) < 4.78 is 6.20. The molecular formula is C25H23Cl2N3O. The maximum atomic E-state index is 6.71. The van der Waals surface area contributed by atoms with Crippen molar-refractivity contribution in [3.63, 3.8) is 0 Å². The number of aromatic nitrogens is 2. The van der Waals surface area contributed by atoms with Crippen LogP contribution in [0.15, 0.2) is 67.0 Å². The van der Waals surface area contributed by atoms with E-state index in [0.29, 0.717) is 12.1 Å². The molecule has 6 rings (SSSR count). The summed E-state index contributed by atoms with van der Waals surface area (Å²) in [5.41, 5.74) is 1.85. The molecule has 4 nitrogen and oxygen atoms in total. The van der Waals surface area contributed by atoms with Crippen molar-refractivity contribution in [2.24, 2.45) is 5.41 Å². The van der Waals surface area contributed by atoms with Crippen LogP contribution in [0, 0.1) is 5.41 Å². The second kappa shape index (κ2) is 7.01. The molecule has 1 saturated heterocycles. The molecule has 0 bridgehead atoms. The molecule has 1 spiro atoms. The molecule has 2 aromatic carbocycles. The average molecular weight is 452 g/mol. The van der Waals surface area contributed by atoms with Gasteiger partial charge < -0.3 is 4.74 Å². The van der Waals surface area contributed by atoms with Gasteiger partial charge in [0.1, 0.15) is 5.60 Å². The standard InChI is InChI=1S/C25H23Cl2N3O/c1-31-25(23-28-13-6-14-29-23)15-21-24(25)12-11-20(24)30(21)22(16-7-2-4-9-18(16)26)17-8-3-5-10-19(17)27/h2-10,13-14,20-22H,11-12,15H2,1H3. The fourth-order valence-corrected chi connectivity index (χ4v) is 7.04. The molecule has 3 fully saturated rings. The number of piperidine rings is 2. The highest BCUT2D eigenvalue weighted by Crippen LogP contribution is 2.78. The van der Waals surface area contributed by atoms with Crippen LogP contribution < -0.4 is 0 Å². The SMILES string of the molecule is COC1(c2ncccn2)CC2N(C(c3ccccc3Cl)c3ccccc3Cl)C3CCC321. The van der Waals surface area contributed by atoms with E-state index in [1.165, 1.54) is 0 Å². The fraction of sp³-hybridized carbons (Fsp3) is 0.360. The molecular weight excluding hydrogens is 429 g/mol. The number of hydrogen-bond donors (Lipinski definition) is 0. The van der Waals surface area contributed by atoms with E-state index in [4.69, 9.17) is 27.9 Å². The first-order chi connectivity index (χ1) is 15.1. The van der Waals surface area contributed by atoms with Crippen molar-refractivity contribution in [1.29, 1.82) is 0 Å². The summed E-state index contributed by atoms with van der Waals surface area (Å²) in [7, 11) is 1.80. The average Bonchev–Trinajstić information content (AvgIpc) is 2.76. The number of nitrogens with zero attached hydrogens (tertiary/aromatic N) is 3. The number of methoxy groups -OCH3 is 1. The third-order valence-electron chi connectivity index (χ3n) is 7.95. The fourth-order valence-electron chi connectivity index (χ4n) is 6.56. The normalized spacial score (nSPS) is 31.2. The van der Waals surface area contributed by atoms with Gasteiger partial charge in [-0.2, -0.15) is 0 Å². The van der Waals surface area contributed by atoms with Crippen LogP contribution in [0.25, 0.3) is 0 Å². The van der Waals surface area contributed by atoms with Gasteiger partial charge in [0, 0.05) is 53.5 Å². The van der Waals surface area contributed by atoms with E-state index in [9.17, 15) is 0 Å². The lowest BCUT2D eigenvalue weighted by molar-refractivity contribution is -0.390. The molecule has 31 heavy (non-hydrogen) atoms. The van der Waals surface area contributed by atoms with Gasteiger partial charge in [0.05, 0.1) is 6.04 Å². The van der Waals surface area contributed by atoms with E-state index >= 15 is 0 Å². The molecule has 1 aromatic heterocycles. The highest BCUT2D eigenvalue weighted by atomic mass is 35.5. The lowest BCUT2D eigenvalue weighted by Crippen LogP contribution is -2.90. The van der Waals surface area contributed by atoms with E-state index in [0.717, 1.165) is 46.3 Å². The lowest BCUT2D eigenvalue weighted by atomic mass is 9.35. The van der Waals surface area contributed by atoms with Gasteiger partial charge in [0.25, 0.3) is 0 Å². The Morgan fingerprint density at radius 3 is 2.03 bits per heavy atom. The molecule has 2 saturated carbocycles. The van der Waals surface area contributed by atoms with Crippen LogP contribution in [0.2, 0.25) is 10.0 Å². The number of likely N-dealkylation sites (tertiary alicyclic amines) is 1. The molecule has 4 atom stereocenters. The molecule has 3 aromatic rings. The van der Waals surface area contributed by atoms with Crippen molar-refractivity contribution in [2.45, 2.75) is 43.0 Å². The topological polar surface area (TPSA) is 38.3 Å². The predicted octanol–water partition coefficient (Wildman–Crippen LogP) is 5.65. The zero-order valence-electron chi connectivity index (χ0n) is 17.2. The third kappa shape index (κ3) is 2.39. The van der Waals surface area contributed by atoms with Crippen LogP contribution in [0.1, 0.15) is 42.3 Å². The Balaban J connectivity index is 1.44. The molecule has 1 aliphatic heterocycles. The minimum Gasteiger partial charge on any atom is -0.369 e. The highest BCUT2D eigenvalue weighted by molar-refractivity contribution is 6.32. The Kier molecular flexibility index (Phi) is 4.45. The smallest absolute Gasteiger partial charge is 0.160 e. The first kappa shape index (κ1) is 19.7. The maximum Gasteiger partial charge on any atom is 0.160 e. The van der Waals surface area contributed by atoms with E-state index < -0.39 is 5.60 Å². The maximum absolute atomic E-state index is 6.71. The van der Waals surface area contributed by atoms with Crippen LogP contribution in [-0.4, -0.2) is 34.1 Å². The van der Waals surface area contributed by atoms with Gasteiger partial charge in [-0.3, -0.25) is 4.90 Å². The number of ether oxygens (including phenoxy) is 1. The zero-order chi connectivity index (χ0) is 21.2. The van der Waals surface area contributed by atoms with Crippen molar-refractivity contribution in [3.05, 3.63) is 94.0 Å². The van der Waals surface area contributed by atoms with E-state index in [1.54, 1.807) is 7.11 Å². The summed E-state index contributed by atoms with van der Waals surface area (Å²) in [5, 5.41) is 1.54. The van der Waals surface area contributed by atoms with Gasteiger partial charge in [-0.15, -0.1) is 0 Å². The summed E-state index contributed by atoms with van der Waals surface area (Å²) in [6.45, 7) is 0. The van der Waals surface area contributed by atoms with Crippen LogP contribution in [-0.2, 0) is 10.3 Å². The molecule has 0 amide bonds. The van der Waals surface area contributed by atoms with Crippen LogP contribution in [0.4, 0.5) is 0 Å². The van der Waals surface area contributed by atoms with Crippen molar-refractivity contribution in [2.75, 3.05) is 7.11 Å². The Morgan fingerprint density at radius 2 is 1.55 bits per heavy atom. The molecule has 0 radical (unpaired) electrons. The molecule has 0 N–H and O–H groups in total. The molecule has 2 aliphatic carbocycles. The summed E-state index contributed by atoms with van der Waals surface area (Å²) in [4.78, 5) is 11.8. The number of benzene rings is 2. The molecule has 4 unspecified atom stereocenters. The van der Waals surface area contributed by atoms with E-state index in [-0.39, 0.29) is 11.5 Å². The number of hydrogen-bond acceptors (Lipinski definition) is 4.